The largest absolute Gasteiger partial charge is 0.383 e. The smallest absolute Gasteiger partial charge is 0.172 e. The molecule has 1 saturated carbocycles. The summed E-state index contributed by atoms with van der Waals surface area (Å²) in [7, 11) is 0. The van der Waals surface area contributed by atoms with Crippen LogP contribution in [0.1, 0.15) is 48.9 Å². The monoisotopic (exact) mass is 718 g/mol. The van der Waals surface area contributed by atoms with Gasteiger partial charge in [0.2, 0.25) is 0 Å². The Morgan fingerprint density at radius 3 is 2.46 bits per heavy atom. The van der Waals surface area contributed by atoms with Gasteiger partial charge in [0.25, 0.3) is 0 Å². The first-order valence-corrected chi connectivity index (χ1v) is 15.1. The molecule has 1 aliphatic heterocycles. The molecule has 0 bridgehead atoms. The van der Waals surface area contributed by atoms with Crippen molar-refractivity contribution in [2.75, 3.05) is 24.2 Å². The first kappa shape index (κ1) is 25.4. The van der Waals surface area contributed by atoms with Crippen molar-refractivity contribution < 1.29 is 0 Å². The van der Waals surface area contributed by atoms with E-state index in [1.807, 2.05) is 6.20 Å². The predicted molar refractivity (Wildman–Crippen MR) is 159 cm³/mol. The molecule has 6 heterocycles. The highest BCUT2D eigenvalue weighted by molar-refractivity contribution is 9.11. The summed E-state index contributed by atoms with van der Waals surface area (Å²) >= 11 is 11.0. The third-order valence-corrected chi connectivity index (χ3v) is 9.79. The molecule has 0 radical (unpaired) electrons. The lowest BCUT2D eigenvalue weighted by Crippen LogP contribution is -2.17. The number of anilines is 2. The summed E-state index contributed by atoms with van der Waals surface area (Å²) in [5.41, 5.74) is 21.1. The Bertz CT molecular complexity index is 1720. The number of nitrogens with one attached hydrogen (secondary N) is 2. The molecular weight excluding hydrogens is 696 g/mol. The van der Waals surface area contributed by atoms with Gasteiger partial charge in [-0.25, -0.2) is 9.97 Å². The van der Waals surface area contributed by atoms with Crippen molar-refractivity contribution in [2.45, 2.75) is 43.6 Å². The second-order valence-corrected chi connectivity index (χ2v) is 12.6. The minimum Gasteiger partial charge on any atom is -0.383 e. The zero-order chi connectivity index (χ0) is 26.8. The van der Waals surface area contributed by atoms with Crippen LogP contribution in [0, 0.1) is 0 Å². The van der Waals surface area contributed by atoms with E-state index in [2.05, 4.69) is 73.8 Å². The van der Waals surface area contributed by atoms with Gasteiger partial charge >= 0.3 is 0 Å². The maximum atomic E-state index is 6.46. The van der Waals surface area contributed by atoms with Crippen LogP contribution in [0.15, 0.2) is 38.2 Å². The molecule has 1 aliphatic carbocycles. The minimum atomic E-state index is 0.193. The quantitative estimate of drug-likeness (QED) is 0.211. The molecule has 0 aromatic carbocycles. The number of nitrogens with two attached hydrogens (primary N) is 2. The van der Waals surface area contributed by atoms with E-state index in [0.29, 0.717) is 17.4 Å². The zero-order valence-corrected chi connectivity index (χ0v) is 25.4. The average molecular weight is 721 g/mol. The summed E-state index contributed by atoms with van der Waals surface area (Å²) in [6.45, 7) is 1.84. The van der Waals surface area contributed by atoms with Crippen LogP contribution in [-0.4, -0.2) is 58.2 Å². The summed E-state index contributed by atoms with van der Waals surface area (Å²) in [5, 5.41) is 17.0. The van der Waals surface area contributed by atoms with E-state index in [4.69, 9.17) is 21.4 Å². The molecule has 5 aromatic rings. The van der Waals surface area contributed by atoms with Gasteiger partial charge in [-0.2, -0.15) is 29.1 Å². The van der Waals surface area contributed by atoms with Crippen molar-refractivity contribution in [1.29, 1.82) is 0 Å². The number of fused-ring (bicyclic) bond motifs is 2. The Morgan fingerprint density at radius 2 is 1.69 bits per heavy atom. The van der Waals surface area contributed by atoms with Crippen molar-refractivity contribution in [1.82, 2.24) is 44.4 Å². The van der Waals surface area contributed by atoms with Gasteiger partial charge in [-0.3, -0.25) is 5.43 Å². The molecule has 202 valence electrons. The Balaban J connectivity index is 1.27. The summed E-state index contributed by atoms with van der Waals surface area (Å²) in [5.74, 6) is 1.82. The van der Waals surface area contributed by atoms with E-state index in [-0.39, 0.29) is 12.0 Å². The minimum absolute atomic E-state index is 0.193. The molecule has 15 heteroatoms. The van der Waals surface area contributed by atoms with Crippen LogP contribution in [0.5, 0.6) is 0 Å². The van der Waals surface area contributed by atoms with E-state index in [0.717, 1.165) is 86.2 Å². The summed E-state index contributed by atoms with van der Waals surface area (Å²) in [6.07, 6.45) is 11.1. The van der Waals surface area contributed by atoms with E-state index in [9.17, 15) is 0 Å². The van der Waals surface area contributed by atoms with Crippen molar-refractivity contribution in [3.63, 3.8) is 0 Å². The SMILES string of the molecule is Nc1c(Br)c(C2CCNC2)nc2c(-c3cnn(Nc4c(Br)c(C5CC[C@@H](N)C5)nc5c(Br)cnn45)c3)cnn12. The van der Waals surface area contributed by atoms with Gasteiger partial charge in [0.1, 0.15) is 5.82 Å². The van der Waals surface area contributed by atoms with Crippen molar-refractivity contribution in [3.8, 4) is 11.1 Å². The average Bonchev–Trinajstić information content (AvgIpc) is 3.74. The molecule has 2 fully saturated rings. The summed E-state index contributed by atoms with van der Waals surface area (Å²) < 4.78 is 5.87. The van der Waals surface area contributed by atoms with E-state index >= 15 is 0 Å². The number of aromatic nitrogens is 8. The molecule has 1 saturated heterocycles. The highest BCUT2D eigenvalue weighted by Crippen LogP contribution is 2.40. The van der Waals surface area contributed by atoms with Gasteiger partial charge < -0.3 is 16.8 Å². The van der Waals surface area contributed by atoms with Crippen molar-refractivity contribution >= 4 is 70.7 Å². The van der Waals surface area contributed by atoms with Crippen LogP contribution in [0.25, 0.3) is 22.4 Å². The number of halogens is 3. The molecule has 12 nitrogen and oxygen atoms in total. The first-order valence-electron chi connectivity index (χ1n) is 12.7. The lowest BCUT2D eigenvalue weighted by Gasteiger charge is -2.17. The van der Waals surface area contributed by atoms with Crippen LogP contribution in [0.3, 0.4) is 0 Å². The van der Waals surface area contributed by atoms with E-state index in [1.165, 1.54) is 0 Å². The van der Waals surface area contributed by atoms with Crippen LogP contribution in [0.2, 0.25) is 0 Å². The second-order valence-electron chi connectivity index (χ2n) is 10.1. The molecule has 3 atom stereocenters. The highest BCUT2D eigenvalue weighted by atomic mass is 79.9. The molecular formula is C24H25Br3N12. The number of nitrogens with zero attached hydrogens (tertiary/aromatic N) is 8. The maximum absolute atomic E-state index is 6.46. The molecule has 0 spiro atoms. The molecule has 39 heavy (non-hydrogen) atoms. The van der Waals surface area contributed by atoms with Gasteiger partial charge in [-0.1, -0.05) is 0 Å². The highest BCUT2D eigenvalue weighted by Gasteiger charge is 2.29. The fourth-order valence-corrected chi connectivity index (χ4v) is 7.20. The molecule has 2 unspecified atom stereocenters. The number of hydrogen-bond donors (Lipinski definition) is 4. The lowest BCUT2D eigenvalue weighted by atomic mass is 10.0. The Labute approximate surface area is 248 Å². The number of nitrogen functional groups attached to an aromatic ring is 1. The van der Waals surface area contributed by atoms with Crippen LogP contribution in [0.4, 0.5) is 11.6 Å². The summed E-state index contributed by atoms with van der Waals surface area (Å²) in [4.78, 5) is 11.6. The molecule has 6 N–H and O–H groups in total. The van der Waals surface area contributed by atoms with Gasteiger partial charge in [0.05, 0.1) is 49.6 Å². The fourth-order valence-electron chi connectivity index (χ4n) is 5.60. The Kier molecular flexibility index (Phi) is 6.38. The van der Waals surface area contributed by atoms with Gasteiger partial charge in [-0.15, -0.1) is 0 Å². The lowest BCUT2D eigenvalue weighted by molar-refractivity contribution is 0.656. The topological polar surface area (TPSA) is 154 Å². The maximum Gasteiger partial charge on any atom is 0.172 e. The molecule has 0 amide bonds. The second kappa shape index (κ2) is 9.80. The Hall–Kier alpha value is -2.59. The first-order chi connectivity index (χ1) is 18.9. The third kappa shape index (κ3) is 4.25. The normalized spacial score (nSPS) is 21.5. The van der Waals surface area contributed by atoms with Gasteiger partial charge in [-0.05, 0) is 80.0 Å². The van der Waals surface area contributed by atoms with Gasteiger partial charge in [0.15, 0.2) is 17.1 Å². The van der Waals surface area contributed by atoms with Gasteiger partial charge in [0, 0.05) is 35.5 Å². The Morgan fingerprint density at radius 1 is 0.897 bits per heavy atom. The standard InChI is InChI=1S/C24H25Br3N12/c25-16-9-33-39-23(16)35-19(11-1-2-14(28)5-11)18(27)24(39)36-37-10-13(7-31-37)15-8-32-38-21(29)17(26)20(34-22(15)38)12-3-4-30-6-12/h7-12,14,30,36H,1-6,28-29H2/t11?,12?,14-/m1/s1. The molecule has 5 aromatic heterocycles. The van der Waals surface area contributed by atoms with E-state index in [1.54, 1.807) is 32.4 Å². The predicted octanol–water partition coefficient (Wildman–Crippen LogP) is 4.05. The third-order valence-electron chi connectivity index (χ3n) is 7.64. The fraction of sp³-hybridized carbons (Fsp3) is 0.375. The number of rotatable bonds is 5. The molecule has 2 aliphatic rings. The zero-order valence-electron chi connectivity index (χ0n) is 20.7. The summed E-state index contributed by atoms with van der Waals surface area (Å²) in [6, 6.07) is 0.193. The van der Waals surface area contributed by atoms with Crippen molar-refractivity contribution in [2.24, 2.45) is 5.73 Å². The van der Waals surface area contributed by atoms with Crippen molar-refractivity contribution in [3.05, 3.63) is 49.6 Å². The molecule has 7 rings (SSSR count). The van der Waals surface area contributed by atoms with Crippen LogP contribution >= 0.6 is 47.8 Å². The van der Waals surface area contributed by atoms with Crippen LogP contribution in [-0.2, 0) is 0 Å². The van der Waals surface area contributed by atoms with Crippen LogP contribution < -0.4 is 22.2 Å². The van der Waals surface area contributed by atoms with E-state index < -0.39 is 0 Å². The number of hydrogen-bond acceptors (Lipinski definition) is 9.